The highest BCUT2D eigenvalue weighted by Crippen LogP contribution is 2.27. The van der Waals surface area contributed by atoms with Gasteiger partial charge in [-0.2, -0.15) is 0 Å². The van der Waals surface area contributed by atoms with E-state index in [0.717, 1.165) is 5.39 Å². The summed E-state index contributed by atoms with van der Waals surface area (Å²) in [7, 11) is 0. The Bertz CT molecular complexity index is 609. The van der Waals surface area contributed by atoms with Crippen molar-refractivity contribution >= 4 is 10.8 Å². The molecule has 0 spiro atoms. The summed E-state index contributed by atoms with van der Waals surface area (Å²) in [5.41, 5.74) is 2.43. The van der Waals surface area contributed by atoms with Crippen LogP contribution in [0.2, 0.25) is 0 Å². The van der Waals surface area contributed by atoms with Gasteiger partial charge in [0.1, 0.15) is 0 Å². The molecule has 0 atom stereocenters. The number of hydrogen-bond acceptors (Lipinski definition) is 1. The van der Waals surface area contributed by atoms with Crippen molar-refractivity contribution in [3.63, 3.8) is 0 Å². The normalized spacial score (nSPS) is 10.5. The summed E-state index contributed by atoms with van der Waals surface area (Å²) in [6, 6.07) is 19.7. The molecule has 3 rings (SSSR count). The molecule has 0 aliphatic heterocycles. The molecule has 1 nitrogen and oxygen atoms in total. The average molecular weight is 204 g/mol. The van der Waals surface area contributed by atoms with Crippen LogP contribution in [0, 0.1) is 6.07 Å². The van der Waals surface area contributed by atoms with Crippen LogP contribution < -0.4 is 0 Å². The van der Waals surface area contributed by atoms with Crippen molar-refractivity contribution in [1.82, 2.24) is 4.98 Å². The molecule has 3 aromatic rings. The number of aromatic nitrogens is 1. The Morgan fingerprint density at radius 2 is 1.69 bits per heavy atom. The summed E-state index contributed by atoms with van der Waals surface area (Å²) in [5, 5.41) is 2.38. The van der Waals surface area contributed by atoms with E-state index >= 15 is 0 Å². The molecule has 16 heavy (non-hydrogen) atoms. The quantitative estimate of drug-likeness (QED) is 0.589. The van der Waals surface area contributed by atoms with Crippen LogP contribution in [0.4, 0.5) is 0 Å². The molecule has 75 valence electrons. The predicted molar refractivity (Wildman–Crippen MR) is 66.0 cm³/mol. The van der Waals surface area contributed by atoms with E-state index in [1.54, 1.807) is 0 Å². The molecule has 1 radical (unpaired) electrons. The van der Waals surface area contributed by atoms with Crippen LogP contribution in [0.5, 0.6) is 0 Å². The maximum atomic E-state index is 4.04. The van der Waals surface area contributed by atoms with Crippen molar-refractivity contribution in [2.75, 3.05) is 0 Å². The SMILES string of the molecule is [c]1ccc(-c2ccncc2)c2ccccc12. The van der Waals surface area contributed by atoms with E-state index in [9.17, 15) is 0 Å². The highest BCUT2D eigenvalue weighted by atomic mass is 14.6. The summed E-state index contributed by atoms with van der Waals surface area (Å²) in [4.78, 5) is 4.04. The summed E-state index contributed by atoms with van der Waals surface area (Å²) in [6.45, 7) is 0. The van der Waals surface area contributed by atoms with Gasteiger partial charge in [-0.15, -0.1) is 0 Å². The Morgan fingerprint density at radius 1 is 0.875 bits per heavy atom. The van der Waals surface area contributed by atoms with E-state index in [1.807, 2.05) is 36.7 Å². The largest absolute Gasteiger partial charge is 0.265 e. The van der Waals surface area contributed by atoms with Crippen LogP contribution in [0.3, 0.4) is 0 Å². The van der Waals surface area contributed by atoms with Gasteiger partial charge in [-0.1, -0.05) is 36.4 Å². The third-order valence-corrected chi connectivity index (χ3v) is 2.70. The Hall–Kier alpha value is -2.15. The van der Waals surface area contributed by atoms with Gasteiger partial charge in [-0.3, -0.25) is 4.98 Å². The number of pyridine rings is 1. The van der Waals surface area contributed by atoms with E-state index in [1.165, 1.54) is 16.5 Å². The summed E-state index contributed by atoms with van der Waals surface area (Å²) >= 11 is 0. The van der Waals surface area contributed by atoms with Crippen molar-refractivity contribution < 1.29 is 0 Å². The van der Waals surface area contributed by atoms with Crippen LogP contribution >= 0.6 is 0 Å². The molecule has 0 aliphatic carbocycles. The fraction of sp³-hybridized carbons (Fsp3) is 0. The van der Waals surface area contributed by atoms with E-state index in [0.29, 0.717) is 0 Å². The lowest BCUT2D eigenvalue weighted by Crippen LogP contribution is -1.81. The first-order chi connectivity index (χ1) is 7.95. The lowest BCUT2D eigenvalue weighted by molar-refractivity contribution is 1.33. The summed E-state index contributed by atoms with van der Waals surface area (Å²) in [6.07, 6.45) is 3.64. The van der Waals surface area contributed by atoms with Gasteiger partial charge < -0.3 is 0 Å². The van der Waals surface area contributed by atoms with E-state index in [-0.39, 0.29) is 0 Å². The van der Waals surface area contributed by atoms with Crippen LogP contribution in [0.1, 0.15) is 0 Å². The van der Waals surface area contributed by atoms with Crippen molar-refractivity contribution in [1.29, 1.82) is 0 Å². The molecular formula is C15H10N. The first-order valence-electron chi connectivity index (χ1n) is 5.25. The van der Waals surface area contributed by atoms with Crippen molar-refractivity contribution in [2.45, 2.75) is 0 Å². The molecule has 0 amide bonds. The van der Waals surface area contributed by atoms with Gasteiger partial charge in [-0.05, 0) is 40.1 Å². The molecule has 1 heteroatoms. The Balaban J connectivity index is 2.32. The molecule has 0 fully saturated rings. The highest BCUT2D eigenvalue weighted by Gasteiger charge is 2.01. The molecule has 0 N–H and O–H groups in total. The first kappa shape index (κ1) is 9.10. The molecule has 0 unspecified atom stereocenters. The fourth-order valence-corrected chi connectivity index (χ4v) is 1.93. The van der Waals surface area contributed by atoms with Gasteiger partial charge in [0.2, 0.25) is 0 Å². The summed E-state index contributed by atoms with van der Waals surface area (Å²) < 4.78 is 0. The topological polar surface area (TPSA) is 12.9 Å². The lowest BCUT2D eigenvalue weighted by atomic mass is 9.99. The summed E-state index contributed by atoms with van der Waals surface area (Å²) in [5.74, 6) is 0. The Labute approximate surface area is 94.4 Å². The minimum atomic E-state index is 1.15. The molecule has 1 aromatic heterocycles. The second-order valence-corrected chi connectivity index (χ2v) is 3.67. The number of hydrogen-bond donors (Lipinski definition) is 0. The molecule has 0 saturated carbocycles. The van der Waals surface area contributed by atoms with Crippen LogP contribution in [0.25, 0.3) is 21.9 Å². The van der Waals surface area contributed by atoms with Crippen molar-refractivity contribution in [2.24, 2.45) is 0 Å². The van der Waals surface area contributed by atoms with Gasteiger partial charge >= 0.3 is 0 Å². The Morgan fingerprint density at radius 3 is 2.56 bits per heavy atom. The maximum Gasteiger partial charge on any atom is 0.0273 e. The van der Waals surface area contributed by atoms with E-state index in [2.05, 4.69) is 35.3 Å². The minimum absolute atomic E-state index is 1.15. The van der Waals surface area contributed by atoms with E-state index in [4.69, 9.17) is 0 Å². The van der Waals surface area contributed by atoms with Gasteiger partial charge in [0.15, 0.2) is 0 Å². The highest BCUT2D eigenvalue weighted by molar-refractivity contribution is 5.96. The monoisotopic (exact) mass is 204 g/mol. The average Bonchev–Trinajstić information content (AvgIpc) is 2.39. The molecule has 0 bridgehead atoms. The zero-order chi connectivity index (χ0) is 10.8. The number of rotatable bonds is 1. The first-order valence-corrected chi connectivity index (χ1v) is 5.25. The van der Waals surface area contributed by atoms with Gasteiger partial charge in [0.05, 0.1) is 0 Å². The lowest BCUT2D eigenvalue weighted by Gasteiger charge is -2.05. The van der Waals surface area contributed by atoms with Crippen molar-refractivity contribution in [3.05, 3.63) is 67.0 Å². The van der Waals surface area contributed by atoms with Gasteiger partial charge in [-0.25, -0.2) is 0 Å². The molecule has 1 heterocycles. The van der Waals surface area contributed by atoms with Gasteiger partial charge in [0, 0.05) is 12.4 Å². The molecule has 0 aliphatic rings. The second-order valence-electron chi connectivity index (χ2n) is 3.67. The number of nitrogens with zero attached hydrogens (tertiary/aromatic N) is 1. The van der Waals surface area contributed by atoms with E-state index < -0.39 is 0 Å². The molecule has 0 saturated heterocycles. The molecular weight excluding hydrogens is 194 g/mol. The predicted octanol–water partition coefficient (Wildman–Crippen LogP) is 3.70. The zero-order valence-electron chi connectivity index (χ0n) is 8.72. The third kappa shape index (κ3) is 1.47. The number of fused-ring (bicyclic) bond motifs is 1. The standard InChI is InChI=1S/C15H10N/c1-2-6-14-12(4-1)5-3-7-15(14)13-8-10-16-11-9-13/h1-4,6-11H. The zero-order valence-corrected chi connectivity index (χ0v) is 8.72. The fourth-order valence-electron chi connectivity index (χ4n) is 1.93. The van der Waals surface area contributed by atoms with Crippen molar-refractivity contribution in [3.8, 4) is 11.1 Å². The minimum Gasteiger partial charge on any atom is -0.265 e. The van der Waals surface area contributed by atoms with Gasteiger partial charge in [0.25, 0.3) is 0 Å². The third-order valence-electron chi connectivity index (χ3n) is 2.70. The smallest absolute Gasteiger partial charge is 0.0273 e. The molecule has 2 aromatic carbocycles. The van der Waals surface area contributed by atoms with Crippen LogP contribution in [-0.4, -0.2) is 4.98 Å². The second kappa shape index (κ2) is 3.78. The maximum absolute atomic E-state index is 4.04. The van der Waals surface area contributed by atoms with Crippen LogP contribution in [0.15, 0.2) is 60.9 Å². The number of benzene rings is 2. The van der Waals surface area contributed by atoms with Crippen LogP contribution in [-0.2, 0) is 0 Å². The Kier molecular flexibility index (Phi) is 2.15.